The van der Waals surface area contributed by atoms with Crippen LogP contribution in [0.3, 0.4) is 0 Å². The third-order valence-corrected chi connectivity index (χ3v) is 5.60. The van der Waals surface area contributed by atoms with Crippen molar-refractivity contribution >= 4 is 11.8 Å². The zero-order valence-corrected chi connectivity index (χ0v) is 15.0. The molecule has 0 spiro atoms. The molecule has 0 unspecified atom stereocenters. The van der Waals surface area contributed by atoms with Crippen molar-refractivity contribution in [3.8, 4) is 0 Å². The lowest BCUT2D eigenvalue weighted by Gasteiger charge is -2.13. The van der Waals surface area contributed by atoms with Gasteiger partial charge in [0.15, 0.2) is 0 Å². The average Bonchev–Trinajstić information content (AvgIpc) is 2.78. The highest BCUT2D eigenvalue weighted by atomic mass is 15.0. The third-order valence-electron chi connectivity index (χ3n) is 5.60. The Hall–Kier alpha value is -1.18. The average molecular weight is 315 g/mol. The first-order valence-corrected chi connectivity index (χ1v) is 10.0. The smallest absolute Gasteiger partial charge is 0.0644 e. The number of hydrogen-bond donors (Lipinski definition) is 1. The molecule has 1 aromatic rings. The molecule has 0 atom stereocenters. The van der Waals surface area contributed by atoms with Crippen LogP contribution >= 0.6 is 0 Å². The predicted molar refractivity (Wildman–Crippen MR) is 101 cm³/mol. The second kappa shape index (κ2) is 8.61. The summed E-state index contributed by atoms with van der Waals surface area (Å²) in [4.78, 5) is 0. The van der Waals surface area contributed by atoms with E-state index in [1.165, 1.54) is 101 Å². The van der Waals surface area contributed by atoms with Gasteiger partial charge >= 0.3 is 0 Å². The quantitative estimate of drug-likeness (QED) is 0.614. The van der Waals surface area contributed by atoms with E-state index < -0.39 is 0 Å². The first-order valence-electron chi connectivity index (χ1n) is 10.0. The Morgan fingerprint density at radius 1 is 0.870 bits per heavy atom. The van der Waals surface area contributed by atoms with Crippen molar-refractivity contribution in [2.45, 2.75) is 90.5 Å². The van der Waals surface area contributed by atoms with Gasteiger partial charge in [-0.2, -0.15) is 0 Å². The zero-order valence-electron chi connectivity index (χ0n) is 15.0. The van der Waals surface area contributed by atoms with Crippen LogP contribution in [-0.4, -0.2) is 11.1 Å². The summed E-state index contributed by atoms with van der Waals surface area (Å²) in [6, 6.07) is 0. The Bertz CT molecular complexity index is 524. The molecule has 2 heteroatoms. The third kappa shape index (κ3) is 4.22. The lowest BCUT2D eigenvalue weighted by atomic mass is 10.1. The summed E-state index contributed by atoms with van der Waals surface area (Å²) in [6.07, 6.45) is 21.1. The Balaban J connectivity index is 1.94. The molecular weight excluding hydrogens is 280 g/mol. The number of aromatic nitrogens is 1. The largest absolute Gasteiger partial charge is 0.383 e. The van der Waals surface area contributed by atoms with Gasteiger partial charge in [-0.05, 0) is 57.1 Å². The molecule has 2 aliphatic rings. The molecule has 23 heavy (non-hydrogen) atoms. The van der Waals surface area contributed by atoms with Gasteiger partial charge in [-0.1, -0.05) is 44.6 Å². The lowest BCUT2D eigenvalue weighted by Crippen LogP contribution is -2.07. The molecule has 0 fully saturated rings. The maximum Gasteiger partial charge on any atom is 0.0644 e. The number of fused-ring (bicyclic) bond motifs is 3. The second-order valence-electron chi connectivity index (χ2n) is 7.39. The number of rotatable bonds is 0. The molecule has 0 aromatic carbocycles. The van der Waals surface area contributed by atoms with Crippen molar-refractivity contribution in [1.29, 1.82) is 0 Å². The first kappa shape index (κ1) is 16.7. The second-order valence-corrected chi connectivity index (χ2v) is 7.39. The standard InChI is InChI=1S/C21H34N2/c1-18-19-14-10-6-3-2-4-9-13-17-23(19)20-15-11-7-5-8-12-16-22-21(18)20/h11,15,22H,2-10,12-14,16-17H2,1H3. The van der Waals surface area contributed by atoms with E-state index in [1.807, 2.05) is 0 Å². The van der Waals surface area contributed by atoms with Gasteiger partial charge in [0.1, 0.15) is 0 Å². The summed E-state index contributed by atoms with van der Waals surface area (Å²) >= 11 is 0. The highest BCUT2D eigenvalue weighted by Gasteiger charge is 2.18. The van der Waals surface area contributed by atoms with Gasteiger partial charge in [0, 0.05) is 18.8 Å². The summed E-state index contributed by atoms with van der Waals surface area (Å²) in [5.74, 6) is 0. The van der Waals surface area contributed by atoms with Crippen LogP contribution in [0.2, 0.25) is 0 Å². The van der Waals surface area contributed by atoms with Crippen LogP contribution in [0.15, 0.2) is 6.08 Å². The van der Waals surface area contributed by atoms with E-state index in [2.05, 4.69) is 29.0 Å². The van der Waals surface area contributed by atoms with Crippen LogP contribution < -0.4 is 5.32 Å². The van der Waals surface area contributed by atoms with Gasteiger partial charge in [0.25, 0.3) is 0 Å². The van der Waals surface area contributed by atoms with Crippen LogP contribution in [0.5, 0.6) is 0 Å². The Morgan fingerprint density at radius 2 is 1.61 bits per heavy atom. The summed E-state index contributed by atoms with van der Waals surface area (Å²) in [7, 11) is 0. The molecule has 1 aromatic heterocycles. The van der Waals surface area contributed by atoms with E-state index in [1.54, 1.807) is 5.69 Å². The Morgan fingerprint density at radius 3 is 2.48 bits per heavy atom. The normalized spacial score (nSPS) is 20.7. The predicted octanol–water partition coefficient (Wildman–Crippen LogP) is 6.08. The molecule has 3 rings (SSSR count). The summed E-state index contributed by atoms with van der Waals surface area (Å²) in [6.45, 7) is 4.68. The van der Waals surface area contributed by atoms with Gasteiger partial charge in [-0.3, -0.25) is 0 Å². The monoisotopic (exact) mass is 314 g/mol. The number of anilines is 1. The van der Waals surface area contributed by atoms with Crippen molar-refractivity contribution in [2.24, 2.45) is 0 Å². The molecule has 0 aliphatic carbocycles. The minimum absolute atomic E-state index is 1.13. The molecule has 0 amide bonds. The molecule has 2 nitrogen and oxygen atoms in total. The molecule has 128 valence electrons. The van der Waals surface area contributed by atoms with E-state index >= 15 is 0 Å². The minimum atomic E-state index is 1.13. The Kier molecular flexibility index (Phi) is 6.24. The van der Waals surface area contributed by atoms with E-state index in [0.717, 1.165) is 6.54 Å². The fourth-order valence-electron chi connectivity index (χ4n) is 4.21. The summed E-state index contributed by atoms with van der Waals surface area (Å²) in [5, 5.41) is 3.77. The van der Waals surface area contributed by atoms with Crippen LogP contribution in [0.25, 0.3) is 6.08 Å². The van der Waals surface area contributed by atoms with Crippen LogP contribution in [-0.2, 0) is 13.0 Å². The van der Waals surface area contributed by atoms with Crippen molar-refractivity contribution in [2.75, 3.05) is 11.9 Å². The maximum absolute atomic E-state index is 3.77. The van der Waals surface area contributed by atoms with Crippen LogP contribution in [0.4, 0.5) is 5.69 Å². The van der Waals surface area contributed by atoms with Crippen molar-refractivity contribution in [1.82, 2.24) is 4.57 Å². The fourth-order valence-corrected chi connectivity index (χ4v) is 4.21. The number of hydrogen-bond acceptors (Lipinski definition) is 1. The molecular formula is C21H34N2. The number of nitrogens with one attached hydrogen (secondary N) is 1. The molecule has 0 saturated heterocycles. The molecule has 0 radical (unpaired) electrons. The van der Waals surface area contributed by atoms with Crippen LogP contribution in [0.1, 0.15) is 87.6 Å². The maximum atomic E-state index is 3.77. The molecule has 1 N–H and O–H groups in total. The van der Waals surface area contributed by atoms with E-state index in [9.17, 15) is 0 Å². The SMILES string of the molecule is Cc1c2c(n3c1CCCCCCCCC3)C=CCCCCCN2. The summed E-state index contributed by atoms with van der Waals surface area (Å²) in [5.41, 5.74) is 6.01. The van der Waals surface area contributed by atoms with Crippen LogP contribution in [0, 0.1) is 6.92 Å². The Labute approximate surface area is 142 Å². The van der Waals surface area contributed by atoms with Gasteiger partial charge < -0.3 is 9.88 Å². The number of nitrogens with zero attached hydrogens (tertiary/aromatic N) is 1. The minimum Gasteiger partial charge on any atom is -0.383 e. The highest BCUT2D eigenvalue weighted by molar-refractivity contribution is 5.70. The van der Waals surface area contributed by atoms with Gasteiger partial charge in [-0.15, -0.1) is 0 Å². The number of allylic oxidation sites excluding steroid dienone is 1. The fraction of sp³-hybridized carbons (Fsp3) is 0.714. The molecule has 2 aliphatic heterocycles. The lowest BCUT2D eigenvalue weighted by molar-refractivity contribution is 0.559. The van der Waals surface area contributed by atoms with E-state index in [-0.39, 0.29) is 0 Å². The van der Waals surface area contributed by atoms with Gasteiger partial charge in [-0.25, -0.2) is 0 Å². The molecule has 0 saturated carbocycles. The van der Waals surface area contributed by atoms with E-state index in [0.29, 0.717) is 0 Å². The summed E-state index contributed by atoms with van der Waals surface area (Å²) < 4.78 is 2.65. The van der Waals surface area contributed by atoms with Crippen molar-refractivity contribution < 1.29 is 0 Å². The van der Waals surface area contributed by atoms with Gasteiger partial charge in [0.2, 0.25) is 0 Å². The zero-order chi connectivity index (χ0) is 15.9. The molecule has 0 bridgehead atoms. The topological polar surface area (TPSA) is 17.0 Å². The molecule has 3 heterocycles. The highest BCUT2D eigenvalue weighted by Crippen LogP contribution is 2.32. The van der Waals surface area contributed by atoms with Crippen molar-refractivity contribution in [3.63, 3.8) is 0 Å². The van der Waals surface area contributed by atoms with E-state index in [4.69, 9.17) is 0 Å². The van der Waals surface area contributed by atoms with Crippen molar-refractivity contribution in [3.05, 3.63) is 23.0 Å². The van der Waals surface area contributed by atoms with Gasteiger partial charge in [0.05, 0.1) is 11.4 Å². The first-order chi connectivity index (χ1) is 11.4.